The van der Waals surface area contributed by atoms with Crippen molar-refractivity contribution in [3.8, 4) is 0 Å². The van der Waals surface area contributed by atoms with E-state index in [1.165, 1.54) is 14.7 Å². The van der Waals surface area contributed by atoms with Crippen molar-refractivity contribution in [2.75, 3.05) is 0 Å². The minimum absolute atomic E-state index is 0.266. The Morgan fingerprint density at radius 2 is 1.59 bits per heavy atom. The number of rotatable bonds is 6. The van der Waals surface area contributed by atoms with Crippen LogP contribution >= 0.6 is 22.7 Å². The number of hydrogen-bond donors (Lipinski definition) is 1. The fourth-order valence-corrected chi connectivity index (χ4v) is 5.00. The Kier molecular flexibility index (Phi) is 5.25. The van der Waals surface area contributed by atoms with Crippen molar-refractivity contribution in [1.82, 2.24) is 0 Å². The van der Waals surface area contributed by atoms with Gasteiger partial charge in [-0.2, -0.15) is 0 Å². The minimum Gasteiger partial charge on any atom is -0.422 e. The topological polar surface area (TPSA) is 34.7 Å². The number of fused-ring (bicyclic) bond motifs is 1. The lowest BCUT2D eigenvalue weighted by atomic mass is 10.0. The average molecular weight is 397 g/mol. The number of thiophene rings is 2. The predicted molar refractivity (Wildman–Crippen MR) is 113 cm³/mol. The second-order valence-electron chi connectivity index (χ2n) is 6.91. The third-order valence-corrected chi connectivity index (χ3v) is 6.72. The summed E-state index contributed by atoms with van der Waals surface area (Å²) in [6.07, 6.45) is 0. The molecule has 4 rings (SSSR count). The van der Waals surface area contributed by atoms with Crippen LogP contribution in [0.25, 0.3) is 11.0 Å². The van der Waals surface area contributed by atoms with Crippen molar-refractivity contribution in [3.63, 3.8) is 0 Å². The molecule has 0 aliphatic carbocycles. The SMILES string of the molecule is Cc1ccc2c(C[NH+](Cc3cccs3)Cc3cccs3)cc(=O)oc2c1C. The van der Waals surface area contributed by atoms with Gasteiger partial charge in [-0.15, -0.1) is 22.7 Å². The van der Waals surface area contributed by atoms with Gasteiger partial charge in [0.2, 0.25) is 0 Å². The largest absolute Gasteiger partial charge is 0.422 e. The Bertz CT molecular complexity index is 1060. The molecular weight excluding hydrogens is 374 g/mol. The van der Waals surface area contributed by atoms with Crippen LogP contribution in [0, 0.1) is 13.8 Å². The van der Waals surface area contributed by atoms with Crippen LogP contribution in [0.2, 0.25) is 0 Å². The highest BCUT2D eigenvalue weighted by Gasteiger charge is 2.17. The van der Waals surface area contributed by atoms with E-state index in [0.29, 0.717) is 0 Å². The van der Waals surface area contributed by atoms with Gasteiger partial charge in [-0.05, 0) is 47.9 Å². The molecule has 5 heteroatoms. The molecule has 3 nitrogen and oxygen atoms in total. The lowest BCUT2D eigenvalue weighted by Crippen LogP contribution is -3.07. The smallest absolute Gasteiger partial charge is 0.336 e. The van der Waals surface area contributed by atoms with Gasteiger partial charge in [-0.3, -0.25) is 0 Å². The second kappa shape index (κ2) is 7.80. The summed E-state index contributed by atoms with van der Waals surface area (Å²) in [5.41, 5.74) is 3.71. The van der Waals surface area contributed by atoms with Crippen LogP contribution < -0.4 is 10.5 Å². The molecule has 0 unspecified atom stereocenters. The number of nitrogens with one attached hydrogen (secondary N) is 1. The van der Waals surface area contributed by atoms with Crippen LogP contribution in [0.4, 0.5) is 0 Å². The standard InChI is InChI=1S/C22H21NO2S2/c1-15-7-8-20-17(11-21(24)25-22(20)16(15)2)12-23(13-18-5-3-9-26-18)14-19-6-4-10-27-19/h3-11H,12-14H2,1-2H3/p+1. The maximum absolute atomic E-state index is 12.2. The fraction of sp³-hybridized carbons (Fsp3) is 0.227. The number of benzene rings is 1. The summed E-state index contributed by atoms with van der Waals surface area (Å²) in [7, 11) is 0. The lowest BCUT2D eigenvalue weighted by Gasteiger charge is -2.19. The van der Waals surface area contributed by atoms with Gasteiger partial charge < -0.3 is 9.32 Å². The third-order valence-electron chi connectivity index (χ3n) is 4.97. The van der Waals surface area contributed by atoms with E-state index in [1.807, 2.05) is 13.8 Å². The van der Waals surface area contributed by atoms with Gasteiger partial charge in [0.05, 0.1) is 9.75 Å². The molecule has 0 spiro atoms. The molecule has 1 N–H and O–H groups in total. The Morgan fingerprint density at radius 1 is 0.926 bits per heavy atom. The van der Waals surface area contributed by atoms with Crippen LogP contribution in [-0.4, -0.2) is 0 Å². The molecule has 0 fully saturated rings. The van der Waals surface area contributed by atoms with E-state index in [1.54, 1.807) is 28.7 Å². The van der Waals surface area contributed by atoms with Crippen molar-refractivity contribution in [1.29, 1.82) is 0 Å². The van der Waals surface area contributed by atoms with Crippen molar-refractivity contribution < 1.29 is 9.32 Å². The van der Waals surface area contributed by atoms with Crippen molar-refractivity contribution in [2.24, 2.45) is 0 Å². The summed E-state index contributed by atoms with van der Waals surface area (Å²) in [6.45, 7) is 6.75. The highest BCUT2D eigenvalue weighted by molar-refractivity contribution is 7.10. The van der Waals surface area contributed by atoms with Crippen LogP contribution in [-0.2, 0) is 19.6 Å². The highest BCUT2D eigenvalue weighted by Crippen LogP contribution is 2.23. The van der Waals surface area contributed by atoms with E-state index in [2.05, 4.69) is 47.2 Å². The molecule has 27 heavy (non-hydrogen) atoms. The zero-order valence-corrected chi connectivity index (χ0v) is 17.1. The highest BCUT2D eigenvalue weighted by atomic mass is 32.1. The van der Waals surface area contributed by atoms with Crippen molar-refractivity contribution in [2.45, 2.75) is 33.5 Å². The normalized spacial score (nSPS) is 11.5. The molecule has 0 amide bonds. The number of quaternary nitrogens is 1. The summed E-state index contributed by atoms with van der Waals surface area (Å²) in [5, 5.41) is 5.29. The maximum atomic E-state index is 12.2. The van der Waals surface area contributed by atoms with Crippen LogP contribution in [0.15, 0.2) is 62.4 Å². The van der Waals surface area contributed by atoms with Gasteiger partial charge in [0.25, 0.3) is 0 Å². The van der Waals surface area contributed by atoms with Gasteiger partial charge in [0, 0.05) is 17.0 Å². The van der Waals surface area contributed by atoms with Crippen LogP contribution in [0.5, 0.6) is 0 Å². The van der Waals surface area contributed by atoms with Crippen molar-refractivity contribution >= 4 is 33.6 Å². The molecule has 138 valence electrons. The molecule has 3 heterocycles. The Balaban J connectivity index is 1.71. The third kappa shape index (κ3) is 4.05. The molecule has 0 atom stereocenters. The molecule has 0 saturated carbocycles. The predicted octanol–water partition coefficient (Wildman–Crippen LogP) is 4.32. The van der Waals surface area contributed by atoms with E-state index >= 15 is 0 Å². The molecule has 4 aromatic rings. The van der Waals surface area contributed by atoms with Crippen LogP contribution in [0.3, 0.4) is 0 Å². The van der Waals surface area contributed by atoms with Crippen molar-refractivity contribution in [3.05, 3.63) is 90.1 Å². The van der Waals surface area contributed by atoms with Gasteiger partial charge in [-0.1, -0.05) is 24.3 Å². The molecule has 1 aromatic carbocycles. The average Bonchev–Trinajstić information content (AvgIpc) is 3.32. The van der Waals surface area contributed by atoms with E-state index in [-0.39, 0.29) is 5.63 Å². The second-order valence-corrected chi connectivity index (χ2v) is 8.98. The molecule has 0 bridgehead atoms. The molecule has 0 radical (unpaired) electrons. The lowest BCUT2D eigenvalue weighted by molar-refractivity contribution is -0.940. The van der Waals surface area contributed by atoms with Gasteiger partial charge in [0.15, 0.2) is 0 Å². The van der Waals surface area contributed by atoms with E-state index in [9.17, 15) is 4.79 Å². The first kappa shape index (κ1) is 18.2. The number of aryl methyl sites for hydroxylation is 2. The minimum atomic E-state index is -0.266. The number of hydrogen-bond acceptors (Lipinski definition) is 4. The van der Waals surface area contributed by atoms with Crippen LogP contribution in [0.1, 0.15) is 26.4 Å². The monoisotopic (exact) mass is 396 g/mol. The molecular formula is C22H22NO2S2+. The quantitative estimate of drug-likeness (QED) is 0.493. The Hall–Kier alpha value is -2.21. The summed E-state index contributed by atoms with van der Waals surface area (Å²) in [4.78, 5) is 16.4. The fourth-order valence-electron chi connectivity index (χ4n) is 3.45. The van der Waals surface area contributed by atoms with Gasteiger partial charge in [0.1, 0.15) is 25.2 Å². The van der Waals surface area contributed by atoms with E-state index < -0.39 is 0 Å². The summed E-state index contributed by atoms with van der Waals surface area (Å²) in [5.74, 6) is 0. The van der Waals surface area contributed by atoms with E-state index in [4.69, 9.17) is 4.42 Å². The first-order valence-electron chi connectivity index (χ1n) is 9.01. The first-order chi connectivity index (χ1) is 13.1. The molecule has 0 aliphatic rings. The van der Waals surface area contributed by atoms with Gasteiger partial charge >= 0.3 is 5.63 Å². The van der Waals surface area contributed by atoms with Gasteiger partial charge in [-0.25, -0.2) is 4.79 Å². The first-order valence-corrected chi connectivity index (χ1v) is 10.8. The molecule has 3 aromatic heterocycles. The summed E-state index contributed by atoms with van der Waals surface area (Å²) < 4.78 is 5.55. The zero-order valence-electron chi connectivity index (χ0n) is 15.5. The zero-order chi connectivity index (χ0) is 18.8. The Morgan fingerprint density at radius 3 is 2.19 bits per heavy atom. The summed E-state index contributed by atoms with van der Waals surface area (Å²) >= 11 is 3.58. The maximum Gasteiger partial charge on any atom is 0.336 e. The molecule has 0 aliphatic heterocycles. The van der Waals surface area contributed by atoms with E-state index in [0.717, 1.165) is 47.3 Å². The summed E-state index contributed by atoms with van der Waals surface area (Å²) in [6, 6.07) is 14.4. The Labute approximate surface area is 166 Å². The molecule has 0 saturated heterocycles.